The molecule has 0 spiro atoms. The van der Waals surface area contributed by atoms with Gasteiger partial charge in [0.25, 0.3) is 0 Å². The number of hydroxylamine groups is 2. The van der Waals surface area contributed by atoms with E-state index in [1.165, 1.54) is 23.2 Å². The molecule has 2 atom stereocenters. The molecule has 1 N–H and O–H groups in total. The molecule has 2 unspecified atom stereocenters. The molecule has 0 radical (unpaired) electrons. The minimum Gasteiger partial charge on any atom is -0.784 e. The van der Waals surface area contributed by atoms with Gasteiger partial charge in [-0.15, -0.1) is 11.3 Å². The number of rotatable bonds is 6. The van der Waals surface area contributed by atoms with Crippen LogP contribution in [0.4, 0.5) is 27.1 Å². The Bertz CT molecular complexity index is 1300. The van der Waals surface area contributed by atoms with Crippen molar-refractivity contribution in [2.75, 3.05) is 11.9 Å². The highest BCUT2D eigenvalue weighted by molar-refractivity contribution is 7.14. The van der Waals surface area contributed by atoms with E-state index in [1.54, 1.807) is 6.92 Å². The number of anilines is 1. The molecule has 1 amide bonds. The minimum absolute atomic E-state index is 0.0558. The van der Waals surface area contributed by atoms with E-state index >= 15 is 0 Å². The second-order valence-electron chi connectivity index (χ2n) is 7.94. The van der Waals surface area contributed by atoms with Gasteiger partial charge in [-0.25, -0.2) is 13.8 Å². The zero-order chi connectivity index (χ0) is 26.4. The van der Waals surface area contributed by atoms with Crippen LogP contribution in [0.1, 0.15) is 35.9 Å². The van der Waals surface area contributed by atoms with Crippen LogP contribution in [0, 0.1) is 16.8 Å². The Morgan fingerprint density at radius 3 is 2.53 bits per heavy atom. The lowest BCUT2D eigenvalue weighted by Crippen LogP contribution is -2.42. The number of halogens is 5. The van der Waals surface area contributed by atoms with Crippen LogP contribution < -0.4 is 10.1 Å². The fourth-order valence-corrected chi connectivity index (χ4v) is 4.37. The van der Waals surface area contributed by atoms with Crippen molar-refractivity contribution >= 4 is 28.2 Å². The number of alkyl halides is 3. The first-order valence-electron chi connectivity index (χ1n) is 10.4. The summed E-state index contributed by atoms with van der Waals surface area (Å²) in [5.74, 6) is -4.93. The maximum atomic E-state index is 14.2. The molecule has 0 fully saturated rings. The third-order valence-electron chi connectivity index (χ3n) is 5.41. The third kappa shape index (κ3) is 5.08. The number of carbonyl (C=O) groups excluding carboxylic acids is 2. The van der Waals surface area contributed by atoms with Gasteiger partial charge in [0.05, 0.1) is 17.9 Å². The highest BCUT2D eigenvalue weighted by atomic mass is 32.1. The first-order chi connectivity index (χ1) is 16.9. The molecule has 3 aromatic rings. The summed E-state index contributed by atoms with van der Waals surface area (Å²) in [6.07, 6.45) is -3.41. The van der Waals surface area contributed by atoms with E-state index in [0.717, 1.165) is 23.5 Å². The normalized spacial score (nSPS) is 18.3. The summed E-state index contributed by atoms with van der Waals surface area (Å²) in [7, 11) is 0. The van der Waals surface area contributed by atoms with Crippen molar-refractivity contribution in [3.63, 3.8) is 0 Å². The predicted molar refractivity (Wildman–Crippen MR) is 117 cm³/mol. The first-order valence-corrected chi connectivity index (χ1v) is 11.2. The lowest BCUT2D eigenvalue weighted by Gasteiger charge is -2.42. The van der Waals surface area contributed by atoms with E-state index < -0.39 is 53.9 Å². The van der Waals surface area contributed by atoms with Crippen molar-refractivity contribution in [2.45, 2.75) is 38.7 Å². The fraction of sp³-hybridized carbons (Fsp3) is 0.333. The molecule has 1 aliphatic heterocycles. The molecular formula is C21H17F5N5O4S-. The average molecular weight is 530 g/mol. The summed E-state index contributed by atoms with van der Waals surface area (Å²) < 4.78 is 70.5. The topological polar surface area (TPSA) is 112 Å². The zero-order valence-corrected chi connectivity index (χ0v) is 19.4. The van der Waals surface area contributed by atoms with Crippen molar-refractivity contribution < 1.29 is 36.3 Å². The lowest BCUT2D eigenvalue weighted by molar-refractivity contribution is -0.154. The Balaban J connectivity index is 1.46. The van der Waals surface area contributed by atoms with E-state index in [0.29, 0.717) is 10.6 Å². The summed E-state index contributed by atoms with van der Waals surface area (Å²) in [5.41, 5.74) is 0.540. The summed E-state index contributed by atoms with van der Waals surface area (Å²) in [6, 6.07) is -0.0205. The van der Waals surface area contributed by atoms with E-state index in [2.05, 4.69) is 20.1 Å². The number of aromatic nitrogens is 3. The number of hydrogen-bond donors (Lipinski definition) is 1. The van der Waals surface area contributed by atoms with Crippen molar-refractivity contribution in [1.82, 2.24) is 19.8 Å². The Labute approximate surface area is 204 Å². The smallest absolute Gasteiger partial charge is 0.422 e. The Morgan fingerprint density at radius 2 is 1.89 bits per heavy atom. The molecule has 1 aliphatic rings. The van der Waals surface area contributed by atoms with E-state index in [-0.39, 0.29) is 28.6 Å². The van der Waals surface area contributed by atoms with E-state index in [9.17, 15) is 36.7 Å². The Hall–Kier alpha value is -3.43. The van der Waals surface area contributed by atoms with Gasteiger partial charge in [-0.1, -0.05) is 0 Å². The monoisotopic (exact) mass is 530 g/mol. The molecule has 4 rings (SSSR count). The molecular weight excluding hydrogens is 513 g/mol. The Kier molecular flexibility index (Phi) is 6.81. The second-order valence-corrected chi connectivity index (χ2v) is 8.80. The number of ether oxygens (including phenoxy) is 1. The molecule has 0 saturated heterocycles. The lowest BCUT2D eigenvalue weighted by atomic mass is 9.96. The molecule has 36 heavy (non-hydrogen) atoms. The van der Waals surface area contributed by atoms with Gasteiger partial charge >= 0.3 is 6.18 Å². The van der Waals surface area contributed by atoms with Gasteiger partial charge in [-0.05, 0) is 26.0 Å². The van der Waals surface area contributed by atoms with Crippen molar-refractivity contribution in [3.8, 4) is 17.0 Å². The van der Waals surface area contributed by atoms with Gasteiger partial charge in [0, 0.05) is 22.5 Å². The SMILES string of the molecule is CC1C(=O)c2c(cnn2CC(=O)Nc2nc(-c3cc(F)c(OCC(F)(F)F)c(F)c3)cs2)C(C)N1[O-]. The van der Waals surface area contributed by atoms with E-state index in [4.69, 9.17) is 0 Å². The molecule has 0 bridgehead atoms. The molecule has 0 saturated carbocycles. The van der Waals surface area contributed by atoms with Crippen molar-refractivity contribution in [3.05, 3.63) is 51.8 Å². The largest absolute Gasteiger partial charge is 0.784 e. The second kappa shape index (κ2) is 9.55. The number of amides is 1. The molecule has 9 nitrogen and oxygen atoms in total. The van der Waals surface area contributed by atoms with Crippen molar-refractivity contribution in [2.24, 2.45) is 0 Å². The van der Waals surface area contributed by atoms with Crippen LogP contribution in [0.15, 0.2) is 23.7 Å². The van der Waals surface area contributed by atoms with Gasteiger partial charge in [0.2, 0.25) is 5.91 Å². The maximum absolute atomic E-state index is 14.2. The standard InChI is InChI=1S/C21H17F5N5O4S/c1-9-12-5-27-30(17(12)18(33)10(2)31(9)34)6-16(32)29-20-28-15(7-36-20)11-3-13(22)19(14(23)4-11)35-8-21(24,25)26/h3-5,7,9-10H,6,8H2,1-2H3,(H,28,29,32)/q-1. The average Bonchev–Trinajstić information content (AvgIpc) is 3.42. The van der Waals surface area contributed by atoms with Crippen LogP contribution in [0.3, 0.4) is 0 Å². The van der Waals surface area contributed by atoms with Gasteiger partial charge in [0.15, 0.2) is 34.9 Å². The number of carbonyl (C=O) groups is 2. The molecule has 0 aliphatic carbocycles. The molecule has 15 heteroatoms. The summed E-state index contributed by atoms with van der Waals surface area (Å²) in [4.78, 5) is 29.2. The summed E-state index contributed by atoms with van der Waals surface area (Å²) in [5, 5.41) is 20.7. The number of fused-ring (bicyclic) bond motifs is 1. The van der Waals surface area contributed by atoms with Crippen LogP contribution in [0.25, 0.3) is 11.3 Å². The van der Waals surface area contributed by atoms with Crippen LogP contribution in [0.2, 0.25) is 0 Å². The van der Waals surface area contributed by atoms with E-state index in [1.807, 2.05) is 0 Å². The van der Waals surface area contributed by atoms with Crippen LogP contribution in [-0.2, 0) is 11.3 Å². The molecule has 192 valence electrons. The highest BCUT2D eigenvalue weighted by Crippen LogP contribution is 2.33. The Morgan fingerprint density at radius 1 is 1.22 bits per heavy atom. The zero-order valence-electron chi connectivity index (χ0n) is 18.6. The van der Waals surface area contributed by atoms with Crippen molar-refractivity contribution in [1.29, 1.82) is 0 Å². The number of benzene rings is 1. The third-order valence-corrected chi connectivity index (χ3v) is 6.17. The number of Topliss-reactive ketones (excluding diaryl/α,β-unsaturated/α-hetero) is 1. The van der Waals surface area contributed by atoms with Crippen LogP contribution in [0.5, 0.6) is 5.75 Å². The van der Waals surface area contributed by atoms with Crippen LogP contribution in [-0.4, -0.2) is 50.3 Å². The minimum atomic E-state index is -4.77. The highest BCUT2D eigenvalue weighted by Gasteiger charge is 2.34. The maximum Gasteiger partial charge on any atom is 0.422 e. The predicted octanol–water partition coefficient (Wildman–Crippen LogP) is 4.31. The van der Waals surface area contributed by atoms with Gasteiger partial charge < -0.3 is 20.3 Å². The van der Waals surface area contributed by atoms with Gasteiger partial charge in [0.1, 0.15) is 12.2 Å². The number of nitrogens with one attached hydrogen (secondary N) is 1. The molecule has 3 heterocycles. The summed E-state index contributed by atoms with van der Waals surface area (Å²) in [6.45, 7) is 0.871. The number of nitrogens with zero attached hydrogens (tertiary/aromatic N) is 4. The first kappa shape index (κ1) is 25.7. The quantitative estimate of drug-likeness (QED) is 0.473. The number of thiazole rings is 1. The van der Waals surface area contributed by atoms with Gasteiger partial charge in [-0.3, -0.25) is 14.3 Å². The summed E-state index contributed by atoms with van der Waals surface area (Å²) >= 11 is 0.933. The molecule has 2 aromatic heterocycles. The molecule has 1 aromatic carbocycles. The van der Waals surface area contributed by atoms with Crippen LogP contribution >= 0.6 is 11.3 Å². The number of hydrogen-bond acceptors (Lipinski definition) is 8. The fourth-order valence-electron chi connectivity index (χ4n) is 3.64. The van der Waals surface area contributed by atoms with Gasteiger partial charge in [-0.2, -0.15) is 18.3 Å². The number of ketones is 1.